The van der Waals surface area contributed by atoms with Crippen LogP contribution in [0, 0.1) is 19.0 Å². The van der Waals surface area contributed by atoms with Gasteiger partial charge < -0.3 is 0 Å². The van der Waals surface area contributed by atoms with Gasteiger partial charge in [0.05, 0.1) is 0 Å². The van der Waals surface area contributed by atoms with Crippen LogP contribution in [0.1, 0.15) is 63.0 Å². The zero-order chi connectivity index (χ0) is 37.7. The summed E-state index contributed by atoms with van der Waals surface area (Å²) in [6.07, 6.45) is 3.67. The number of hydrogen-bond acceptors (Lipinski definition) is 3. The Hall–Kier alpha value is -2.50. The fourth-order valence-electron chi connectivity index (χ4n) is 5.47. The molecule has 3 nitrogen and oxygen atoms in total. The monoisotopic (exact) mass is 930 g/mol. The van der Waals surface area contributed by atoms with Crippen molar-refractivity contribution in [2.24, 2.45) is 0 Å². The molecule has 3 aromatic heterocycles. The molecular formula is C41H48Ge2IrN2O-2. The summed E-state index contributed by atoms with van der Waals surface area (Å²) >= 11 is -4.06. The standard InChI is InChI=1S/C23H24GeNO.C18H24GeN.Ir/c1-15(2)16-11-12-25-21(13-16)20-8-6-7-19-18-10-9-17(24(3,4)5)14-22(18)26-23(19)20;1-13(2)16-11-18(15-9-7-14(3)8-10-15)20-12-17(16)19(4,5)6;/h6-7,9-15H,1-5H3;7-9,11-13H,1-6H3;/q2*-1;/i15D;3D3,13D;. The van der Waals surface area contributed by atoms with Crippen LogP contribution in [0.2, 0.25) is 34.5 Å². The molecular weight excluding hydrogens is 874 g/mol. The zero-order valence-electron chi connectivity index (χ0n) is 34.1. The van der Waals surface area contributed by atoms with Crippen LogP contribution in [0.4, 0.5) is 0 Å². The summed E-state index contributed by atoms with van der Waals surface area (Å²) in [5.41, 5.74) is 7.09. The minimum Gasteiger partial charge on any atom is 0 e. The van der Waals surface area contributed by atoms with Crippen molar-refractivity contribution in [3.05, 3.63) is 108 Å². The van der Waals surface area contributed by atoms with Gasteiger partial charge in [0.1, 0.15) is 0 Å². The fourth-order valence-corrected chi connectivity index (χ4v) is 11.2. The molecule has 6 heteroatoms. The van der Waals surface area contributed by atoms with E-state index in [1.54, 1.807) is 18.3 Å². The maximum absolute atomic E-state index is 8.49. The average molecular weight is 927 g/mol. The molecule has 0 saturated carbocycles. The van der Waals surface area contributed by atoms with Gasteiger partial charge in [-0.1, -0.05) is 0 Å². The second-order valence-electron chi connectivity index (χ2n) is 14.4. The Labute approximate surface area is 308 Å². The summed E-state index contributed by atoms with van der Waals surface area (Å²) in [7, 11) is 0. The molecule has 0 bridgehead atoms. The summed E-state index contributed by atoms with van der Waals surface area (Å²) in [6, 6.07) is 27.7. The van der Waals surface area contributed by atoms with Crippen LogP contribution >= 0.6 is 0 Å². The van der Waals surface area contributed by atoms with Gasteiger partial charge in [0.25, 0.3) is 0 Å². The first-order chi connectivity index (χ1) is 23.4. The Bertz CT molecular complexity index is 2190. The van der Waals surface area contributed by atoms with Crippen LogP contribution in [0.15, 0.2) is 83.5 Å². The van der Waals surface area contributed by atoms with Crippen LogP contribution < -0.4 is 8.79 Å². The first-order valence-electron chi connectivity index (χ1n) is 18.3. The summed E-state index contributed by atoms with van der Waals surface area (Å²) in [5.74, 6) is 12.7. The van der Waals surface area contributed by atoms with Gasteiger partial charge in [0, 0.05) is 20.1 Å². The number of hydrogen-bond donors (Lipinski definition) is 0. The first-order valence-corrected chi connectivity index (χ1v) is 30.5. The number of aryl methyl sites for hydroxylation is 1. The van der Waals surface area contributed by atoms with E-state index in [0.717, 1.165) is 55.6 Å². The molecule has 47 heavy (non-hydrogen) atoms. The Kier molecular flexibility index (Phi) is 9.71. The summed E-state index contributed by atoms with van der Waals surface area (Å²) in [5, 5.41) is 2.22. The van der Waals surface area contributed by atoms with Crippen molar-refractivity contribution in [1.82, 2.24) is 9.97 Å². The van der Waals surface area contributed by atoms with Gasteiger partial charge in [-0.05, 0) is 0 Å². The number of furan rings is 1. The summed E-state index contributed by atoms with van der Waals surface area (Å²) in [4.78, 5) is 9.11. The molecule has 0 aliphatic carbocycles. The number of benzene rings is 3. The molecule has 3 aromatic carbocycles. The number of aromatic nitrogens is 2. The average Bonchev–Trinajstić information content (AvgIpc) is 3.41. The molecule has 0 atom stereocenters. The smallest absolute Gasteiger partial charge is 0 e. The zero-order valence-corrected chi connectivity index (χ0v) is 35.7. The molecule has 3 heterocycles. The second kappa shape index (κ2) is 14.9. The summed E-state index contributed by atoms with van der Waals surface area (Å²) in [6.45, 7) is 5.43. The van der Waals surface area contributed by atoms with Gasteiger partial charge in [0.15, 0.2) is 0 Å². The predicted molar refractivity (Wildman–Crippen MR) is 203 cm³/mol. The molecule has 0 N–H and O–H groups in total. The fraction of sp³-hybridized carbons (Fsp3) is 0.317. The summed E-state index contributed by atoms with van der Waals surface area (Å²) < 4.78 is 48.1. The van der Waals surface area contributed by atoms with Gasteiger partial charge in [-0.2, -0.15) is 0 Å². The van der Waals surface area contributed by atoms with E-state index < -0.39 is 45.2 Å². The molecule has 0 aliphatic heterocycles. The molecule has 0 spiro atoms. The molecule has 0 aliphatic rings. The van der Waals surface area contributed by atoms with Crippen molar-refractivity contribution >= 4 is 57.3 Å². The van der Waals surface area contributed by atoms with Crippen molar-refractivity contribution < 1.29 is 31.4 Å². The molecule has 0 saturated heterocycles. The SMILES string of the molecule is [2H]C(C)(C)c1ccnc(-c2[c-]ccc3c2oc2c[c]([Ge]([CH3])([CH3])[CH3])ccc23)c1.[2H]C([2H])([2H])c1c[c-]c(-c2cc(C([2H])(C)C)[c]([Ge]([CH3])([CH3])[CH3])cn2)cc1.[Ir]. The molecule has 247 valence electrons. The third-order valence-corrected chi connectivity index (χ3v) is 16.7. The van der Waals surface area contributed by atoms with Crippen molar-refractivity contribution in [3.63, 3.8) is 0 Å². The molecule has 6 rings (SSSR count). The Morgan fingerprint density at radius 3 is 2.17 bits per heavy atom. The van der Waals surface area contributed by atoms with Crippen LogP contribution in [-0.4, -0.2) is 36.5 Å². The van der Waals surface area contributed by atoms with Gasteiger partial charge in [-0.3, -0.25) is 0 Å². The molecule has 1 radical (unpaired) electrons. The third-order valence-electron chi connectivity index (χ3n) is 8.23. The van der Waals surface area contributed by atoms with E-state index in [2.05, 4.69) is 80.9 Å². The topological polar surface area (TPSA) is 38.9 Å². The van der Waals surface area contributed by atoms with E-state index in [4.69, 9.17) is 11.3 Å². The van der Waals surface area contributed by atoms with Crippen molar-refractivity contribution in [3.8, 4) is 22.5 Å². The quantitative estimate of drug-likeness (QED) is 0.123. The van der Waals surface area contributed by atoms with Crippen LogP contribution in [-0.2, 0) is 20.1 Å². The minimum absolute atomic E-state index is 0. The maximum Gasteiger partial charge on any atom is 0 e. The Balaban J connectivity index is 0.000000230. The Morgan fingerprint density at radius 2 is 1.55 bits per heavy atom. The number of pyridine rings is 2. The molecule has 0 fully saturated rings. The van der Waals surface area contributed by atoms with Crippen molar-refractivity contribution in [2.75, 3.05) is 0 Å². The van der Waals surface area contributed by atoms with Crippen LogP contribution in [0.5, 0.6) is 0 Å². The van der Waals surface area contributed by atoms with E-state index in [1.807, 2.05) is 58.2 Å². The maximum atomic E-state index is 8.49. The second-order valence-corrected chi connectivity index (χ2v) is 35.7. The normalized spacial score (nSPS) is 14.2. The minimum atomic E-state index is -2.14. The van der Waals surface area contributed by atoms with E-state index >= 15 is 0 Å². The van der Waals surface area contributed by atoms with Gasteiger partial charge in [-0.25, -0.2) is 0 Å². The van der Waals surface area contributed by atoms with Crippen LogP contribution in [0.25, 0.3) is 44.5 Å². The van der Waals surface area contributed by atoms with E-state index in [0.29, 0.717) is 0 Å². The van der Waals surface area contributed by atoms with E-state index in [-0.39, 0.29) is 25.7 Å². The molecule has 6 aromatic rings. The van der Waals surface area contributed by atoms with Crippen molar-refractivity contribution in [2.45, 2.75) is 80.9 Å². The van der Waals surface area contributed by atoms with Gasteiger partial charge in [-0.15, -0.1) is 0 Å². The van der Waals surface area contributed by atoms with Gasteiger partial charge >= 0.3 is 290 Å². The molecule has 0 unspecified atom stereocenters. The third kappa shape index (κ3) is 8.57. The van der Waals surface area contributed by atoms with E-state index in [9.17, 15) is 0 Å². The van der Waals surface area contributed by atoms with E-state index in [1.165, 1.54) is 14.9 Å². The molecule has 0 amide bonds. The first kappa shape index (κ1) is 30.5. The number of nitrogens with zero attached hydrogens (tertiary/aromatic N) is 2. The van der Waals surface area contributed by atoms with Crippen LogP contribution in [0.3, 0.4) is 0 Å². The number of fused-ring (bicyclic) bond motifs is 3. The van der Waals surface area contributed by atoms with Gasteiger partial charge in [0.2, 0.25) is 0 Å². The predicted octanol–water partition coefficient (Wildman–Crippen LogP) is 10.6. The Morgan fingerprint density at radius 1 is 0.787 bits per heavy atom. The van der Waals surface area contributed by atoms with Crippen molar-refractivity contribution in [1.29, 1.82) is 0 Å². The largest absolute Gasteiger partial charge is 0 e. The number of rotatable bonds is 6.